The number of rotatable bonds is 2. The van der Waals surface area contributed by atoms with Gasteiger partial charge in [-0.1, -0.05) is 24.0 Å². The van der Waals surface area contributed by atoms with E-state index in [1.54, 1.807) is 6.26 Å². The van der Waals surface area contributed by atoms with E-state index >= 15 is 0 Å². The predicted molar refractivity (Wildman–Crippen MR) is 60.2 cm³/mol. The van der Waals surface area contributed by atoms with Crippen molar-refractivity contribution in [3.8, 4) is 0 Å². The second-order valence-corrected chi connectivity index (χ2v) is 3.76. The summed E-state index contributed by atoms with van der Waals surface area (Å²) < 4.78 is 5.78. The number of hydrogen-bond acceptors (Lipinski definition) is 4. The summed E-state index contributed by atoms with van der Waals surface area (Å²) >= 11 is 6.36. The lowest BCUT2D eigenvalue weighted by Crippen LogP contribution is -2.12. The van der Waals surface area contributed by atoms with Crippen molar-refractivity contribution in [2.24, 2.45) is 5.10 Å². The van der Waals surface area contributed by atoms with Crippen LogP contribution in [0.5, 0.6) is 0 Å². The van der Waals surface area contributed by atoms with Crippen molar-refractivity contribution in [2.75, 3.05) is 6.26 Å². The lowest BCUT2D eigenvalue weighted by Gasteiger charge is -1.99. The lowest BCUT2D eigenvalue weighted by molar-refractivity contribution is 0.556. The Morgan fingerprint density at radius 3 is 3.00 bits per heavy atom. The number of nitrogens with zero attached hydrogens (tertiary/aromatic N) is 1. The third-order valence-corrected chi connectivity index (χ3v) is 2.43. The second kappa shape index (κ2) is 5.04. The van der Waals surface area contributed by atoms with Crippen LogP contribution in [0.3, 0.4) is 0 Å². The molecule has 0 aliphatic carbocycles. The molecule has 0 aromatic carbocycles. The monoisotopic (exact) mass is 214 g/mol. The number of hydrogen-bond donors (Lipinski definition) is 1. The number of thiocarbonyl (C=S) groups is 1. The highest BCUT2D eigenvalue weighted by Gasteiger charge is 1.99. The molecule has 70 valence electrons. The van der Waals surface area contributed by atoms with Crippen molar-refractivity contribution in [3.05, 3.63) is 24.2 Å². The molecule has 0 amide bonds. The summed E-state index contributed by atoms with van der Waals surface area (Å²) in [7, 11) is 0. The van der Waals surface area contributed by atoms with Crippen molar-refractivity contribution in [3.63, 3.8) is 0 Å². The molecule has 0 saturated carbocycles. The lowest BCUT2D eigenvalue weighted by atomic mass is 10.3. The highest BCUT2D eigenvalue weighted by molar-refractivity contribution is 8.22. The highest BCUT2D eigenvalue weighted by atomic mass is 32.2. The average Bonchev–Trinajstić information content (AvgIpc) is 2.66. The Hall–Kier alpha value is -0.810. The van der Waals surface area contributed by atoms with Crippen LogP contribution in [0.2, 0.25) is 0 Å². The largest absolute Gasteiger partial charge is 0.463 e. The highest BCUT2D eigenvalue weighted by Crippen LogP contribution is 2.01. The molecule has 13 heavy (non-hydrogen) atoms. The summed E-state index contributed by atoms with van der Waals surface area (Å²) in [6.45, 7) is 1.86. The molecule has 0 fully saturated rings. The van der Waals surface area contributed by atoms with Gasteiger partial charge in [0.15, 0.2) is 4.32 Å². The zero-order valence-electron chi connectivity index (χ0n) is 7.40. The Bertz CT molecular complexity index is 306. The summed E-state index contributed by atoms with van der Waals surface area (Å²) in [5.74, 6) is 0.747. The number of hydrazone groups is 1. The maximum Gasteiger partial charge on any atom is 0.153 e. The van der Waals surface area contributed by atoms with E-state index in [9.17, 15) is 0 Å². The van der Waals surface area contributed by atoms with Crippen LogP contribution in [-0.2, 0) is 0 Å². The number of thioether (sulfide) groups is 1. The summed E-state index contributed by atoms with van der Waals surface area (Å²) in [6.07, 6.45) is 3.51. The first-order chi connectivity index (χ1) is 6.24. The van der Waals surface area contributed by atoms with Gasteiger partial charge in [0, 0.05) is 0 Å². The Morgan fingerprint density at radius 2 is 2.46 bits per heavy atom. The van der Waals surface area contributed by atoms with Gasteiger partial charge in [0.05, 0.1) is 6.26 Å². The van der Waals surface area contributed by atoms with E-state index in [1.165, 1.54) is 11.8 Å². The molecule has 0 aliphatic rings. The Kier molecular flexibility index (Phi) is 3.98. The SMILES string of the molecule is CSC(=S)N/N=C(\C)c1ccco1. The zero-order chi connectivity index (χ0) is 9.68. The molecule has 5 heteroatoms. The Morgan fingerprint density at radius 1 is 1.69 bits per heavy atom. The number of furan rings is 1. The average molecular weight is 214 g/mol. The molecule has 0 spiro atoms. The van der Waals surface area contributed by atoms with E-state index in [-0.39, 0.29) is 0 Å². The van der Waals surface area contributed by atoms with Gasteiger partial charge in [-0.25, -0.2) is 0 Å². The van der Waals surface area contributed by atoms with Crippen LogP contribution in [0, 0.1) is 0 Å². The third-order valence-electron chi connectivity index (χ3n) is 1.38. The Labute approximate surface area is 86.6 Å². The van der Waals surface area contributed by atoms with Crippen LogP contribution >= 0.6 is 24.0 Å². The molecule has 0 saturated heterocycles. The van der Waals surface area contributed by atoms with Gasteiger partial charge >= 0.3 is 0 Å². The van der Waals surface area contributed by atoms with Crippen molar-refractivity contribution < 1.29 is 4.42 Å². The van der Waals surface area contributed by atoms with Gasteiger partial charge in [-0.3, -0.25) is 5.43 Å². The zero-order valence-corrected chi connectivity index (χ0v) is 9.04. The van der Waals surface area contributed by atoms with E-state index in [2.05, 4.69) is 10.5 Å². The van der Waals surface area contributed by atoms with E-state index in [1.807, 2.05) is 25.3 Å². The van der Waals surface area contributed by atoms with Crippen molar-refractivity contribution in [2.45, 2.75) is 6.92 Å². The summed E-state index contributed by atoms with van der Waals surface area (Å²) in [6, 6.07) is 3.67. The van der Waals surface area contributed by atoms with E-state index in [0.29, 0.717) is 4.32 Å². The Balaban J connectivity index is 2.57. The van der Waals surface area contributed by atoms with Crippen molar-refractivity contribution in [1.29, 1.82) is 0 Å². The topological polar surface area (TPSA) is 37.5 Å². The summed E-state index contributed by atoms with van der Waals surface area (Å²) in [5, 5.41) is 4.05. The molecule has 1 aromatic rings. The summed E-state index contributed by atoms with van der Waals surface area (Å²) in [4.78, 5) is 0. The first kappa shape index (κ1) is 10.3. The molecule has 1 heterocycles. The van der Waals surface area contributed by atoms with Gasteiger partial charge < -0.3 is 4.42 Å². The van der Waals surface area contributed by atoms with Crippen LogP contribution in [0.1, 0.15) is 12.7 Å². The minimum Gasteiger partial charge on any atom is -0.463 e. The predicted octanol–water partition coefficient (Wildman–Crippen LogP) is 2.24. The van der Waals surface area contributed by atoms with Crippen molar-refractivity contribution >= 4 is 34.0 Å². The fourth-order valence-corrected chi connectivity index (χ4v) is 0.897. The maximum absolute atomic E-state index is 5.14. The summed E-state index contributed by atoms with van der Waals surface area (Å²) in [5.41, 5.74) is 3.52. The van der Waals surface area contributed by atoms with Gasteiger partial charge in [0.1, 0.15) is 11.5 Å². The number of nitrogens with one attached hydrogen (secondary N) is 1. The molecular formula is C8H10N2OS2. The minimum absolute atomic E-state index is 0.644. The van der Waals surface area contributed by atoms with E-state index < -0.39 is 0 Å². The molecule has 0 unspecified atom stereocenters. The molecule has 1 rings (SSSR count). The standard InChI is InChI=1S/C8H10N2OS2/c1-6(7-4-3-5-11-7)9-10-8(12)13-2/h3-5H,1-2H3,(H,10,12)/b9-6+. The molecule has 3 nitrogen and oxygen atoms in total. The van der Waals surface area contributed by atoms with Crippen LogP contribution in [0.25, 0.3) is 0 Å². The molecule has 0 radical (unpaired) electrons. The second-order valence-electron chi connectivity index (χ2n) is 2.28. The van der Waals surface area contributed by atoms with Gasteiger partial charge in [-0.15, -0.1) is 0 Å². The van der Waals surface area contributed by atoms with Crippen LogP contribution in [0.4, 0.5) is 0 Å². The van der Waals surface area contributed by atoms with E-state index in [4.69, 9.17) is 16.6 Å². The minimum atomic E-state index is 0.644. The molecule has 0 bridgehead atoms. The smallest absolute Gasteiger partial charge is 0.153 e. The van der Waals surface area contributed by atoms with Gasteiger partial charge in [-0.05, 0) is 25.3 Å². The molecule has 0 aliphatic heterocycles. The van der Waals surface area contributed by atoms with Gasteiger partial charge in [0.2, 0.25) is 0 Å². The van der Waals surface area contributed by atoms with Gasteiger partial charge in [-0.2, -0.15) is 5.10 Å². The molecular weight excluding hydrogens is 204 g/mol. The first-order valence-electron chi connectivity index (χ1n) is 3.66. The van der Waals surface area contributed by atoms with Crippen LogP contribution < -0.4 is 5.43 Å². The third kappa shape index (κ3) is 3.20. The fraction of sp³-hybridized carbons (Fsp3) is 0.250. The first-order valence-corrected chi connectivity index (χ1v) is 5.29. The van der Waals surface area contributed by atoms with Gasteiger partial charge in [0.25, 0.3) is 0 Å². The molecule has 1 aromatic heterocycles. The van der Waals surface area contributed by atoms with Crippen LogP contribution in [-0.4, -0.2) is 16.3 Å². The van der Waals surface area contributed by atoms with Crippen LogP contribution in [0.15, 0.2) is 27.9 Å². The fourth-order valence-electron chi connectivity index (χ4n) is 0.715. The maximum atomic E-state index is 5.14. The normalized spacial score (nSPS) is 11.4. The molecule has 1 N–H and O–H groups in total. The van der Waals surface area contributed by atoms with Crippen molar-refractivity contribution in [1.82, 2.24) is 5.43 Å². The quantitative estimate of drug-likeness (QED) is 0.465. The molecule has 0 atom stereocenters. The van der Waals surface area contributed by atoms with E-state index in [0.717, 1.165) is 11.5 Å².